The minimum Gasteiger partial charge on any atom is -0.317 e. The van der Waals surface area contributed by atoms with Gasteiger partial charge in [-0.3, -0.25) is 0 Å². The van der Waals surface area contributed by atoms with Crippen molar-refractivity contribution in [2.45, 2.75) is 57.8 Å². The first-order valence-corrected chi connectivity index (χ1v) is 14.5. The Balaban J connectivity index is 0.00000210. The predicted molar refractivity (Wildman–Crippen MR) is 177 cm³/mol. The van der Waals surface area contributed by atoms with Crippen molar-refractivity contribution in [3.05, 3.63) is 96.1 Å². The Labute approximate surface area is 247 Å². The molecule has 0 aliphatic rings. The average Bonchev–Trinajstić information content (AvgIpc) is 2.95. The molecule has 208 valence electrons. The van der Waals surface area contributed by atoms with Gasteiger partial charge in [-0.05, 0) is 121 Å². The summed E-state index contributed by atoms with van der Waals surface area (Å²) in [7, 11) is 0. The first-order valence-electron chi connectivity index (χ1n) is 14.5. The molecule has 5 rings (SSSR count). The molecular weight excluding hydrogens is 519 g/mol. The Morgan fingerprint density at radius 3 is 1.62 bits per heavy atom. The number of nitrogens with one attached hydrogen (secondary N) is 2. The van der Waals surface area contributed by atoms with Crippen molar-refractivity contribution in [3.8, 4) is 0 Å². The molecule has 0 atom stereocenters. The summed E-state index contributed by atoms with van der Waals surface area (Å²) >= 11 is 0. The van der Waals surface area contributed by atoms with Gasteiger partial charge in [0.05, 0.1) is 0 Å². The standard InChI is InChI=1S/C35H42N2.2ClH/c1-3-12-28(13-4-1)14-5-9-26-36-24-7-2-8-25-37-27-10-6-15-29-18-19-32-21-20-30-16-11-17-31-22-23-33(29)35(32)34(30)31;;/h1,3-4,11-13,16-23,36-37H,2,5-10,14-15,24-27H2;2*1H. The number of benzene rings is 5. The van der Waals surface area contributed by atoms with E-state index in [-0.39, 0.29) is 24.8 Å². The predicted octanol–water partition coefficient (Wildman–Crippen LogP) is 9.12. The maximum atomic E-state index is 3.66. The summed E-state index contributed by atoms with van der Waals surface area (Å²) in [6.07, 6.45) is 11.3. The van der Waals surface area contributed by atoms with Gasteiger partial charge >= 0.3 is 0 Å². The monoisotopic (exact) mass is 562 g/mol. The van der Waals surface area contributed by atoms with E-state index in [1.54, 1.807) is 0 Å². The van der Waals surface area contributed by atoms with Gasteiger partial charge in [-0.1, -0.05) is 91.3 Å². The molecule has 0 bridgehead atoms. The molecule has 0 aliphatic carbocycles. The van der Waals surface area contributed by atoms with Crippen LogP contribution in [-0.4, -0.2) is 26.2 Å². The number of hydrogen-bond acceptors (Lipinski definition) is 2. The SMILES string of the molecule is Cl.Cl.c1ccc(CCCCNCCCCCNCCCCc2ccc3ccc4cccc5ccc2c3c45)cc1. The smallest absolute Gasteiger partial charge is 0.00240 e. The largest absolute Gasteiger partial charge is 0.317 e. The van der Waals surface area contributed by atoms with Crippen LogP contribution in [0, 0.1) is 0 Å². The molecule has 0 saturated heterocycles. The number of halogens is 2. The molecule has 5 aromatic carbocycles. The van der Waals surface area contributed by atoms with E-state index in [1.807, 2.05) is 0 Å². The zero-order valence-corrected chi connectivity index (χ0v) is 24.7. The first-order chi connectivity index (χ1) is 18.4. The third-order valence-electron chi connectivity index (χ3n) is 7.79. The number of hydrogen-bond donors (Lipinski definition) is 2. The van der Waals surface area contributed by atoms with Crippen molar-refractivity contribution in [3.63, 3.8) is 0 Å². The van der Waals surface area contributed by atoms with Crippen molar-refractivity contribution >= 4 is 57.1 Å². The molecule has 0 spiro atoms. The lowest BCUT2D eigenvalue weighted by Crippen LogP contribution is -2.19. The number of aryl methyl sites for hydroxylation is 2. The Morgan fingerprint density at radius 2 is 0.949 bits per heavy atom. The Bertz CT molecular complexity index is 1350. The van der Waals surface area contributed by atoms with Crippen LogP contribution in [0.2, 0.25) is 0 Å². The van der Waals surface area contributed by atoms with Crippen LogP contribution in [0.5, 0.6) is 0 Å². The summed E-state index contributed by atoms with van der Waals surface area (Å²) in [5, 5.41) is 15.7. The van der Waals surface area contributed by atoms with E-state index in [0.29, 0.717) is 0 Å². The van der Waals surface area contributed by atoms with Crippen LogP contribution >= 0.6 is 24.8 Å². The highest BCUT2D eigenvalue weighted by atomic mass is 35.5. The van der Waals surface area contributed by atoms with Gasteiger partial charge in [0.2, 0.25) is 0 Å². The van der Waals surface area contributed by atoms with Crippen LogP contribution in [-0.2, 0) is 12.8 Å². The number of rotatable bonds is 16. The van der Waals surface area contributed by atoms with Crippen LogP contribution < -0.4 is 10.6 Å². The maximum Gasteiger partial charge on any atom is -0.00240 e. The zero-order chi connectivity index (χ0) is 25.1. The first kappa shape index (κ1) is 31.2. The Morgan fingerprint density at radius 1 is 0.410 bits per heavy atom. The van der Waals surface area contributed by atoms with E-state index in [2.05, 4.69) is 95.6 Å². The van der Waals surface area contributed by atoms with E-state index in [4.69, 9.17) is 0 Å². The molecule has 4 heteroatoms. The molecule has 0 aliphatic heterocycles. The molecule has 0 aromatic heterocycles. The summed E-state index contributed by atoms with van der Waals surface area (Å²) in [5.41, 5.74) is 2.96. The van der Waals surface area contributed by atoms with E-state index < -0.39 is 0 Å². The van der Waals surface area contributed by atoms with Crippen molar-refractivity contribution in [1.82, 2.24) is 10.6 Å². The van der Waals surface area contributed by atoms with Gasteiger partial charge in [-0.25, -0.2) is 0 Å². The van der Waals surface area contributed by atoms with Crippen LogP contribution in [0.15, 0.2) is 84.9 Å². The number of unbranched alkanes of at least 4 members (excludes halogenated alkanes) is 4. The van der Waals surface area contributed by atoms with Gasteiger partial charge in [0.25, 0.3) is 0 Å². The molecule has 0 radical (unpaired) electrons. The van der Waals surface area contributed by atoms with Crippen LogP contribution in [0.4, 0.5) is 0 Å². The van der Waals surface area contributed by atoms with E-state index in [0.717, 1.165) is 32.6 Å². The fourth-order valence-electron chi connectivity index (χ4n) is 5.73. The second kappa shape index (κ2) is 16.7. The molecule has 2 nitrogen and oxygen atoms in total. The van der Waals surface area contributed by atoms with Crippen molar-refractivity contribution in [1.29, 1.82) is 0 Å². The Kier molecular flexibility index (Phi) is 13.3. The topological polar surface area (TPSA) is 24.1 Å². The molecule has 0 unspecified atom stereocenters. The minimum atomic E-state index is 0. The fourth-order valence-corrected chi connectivity index (χ4v) is 5.73. The lowest BCUT2D eigenvalue weighted by molar-refractivity contribution is 0.551. The highest BCUT2D eigenvalue weighted by molar-refractivity contribution is 6.23. The van der Waals surface area contributed by atoms with Crippen molar-refractivity contribution < 1.29 is 0 Å². The summed E-state index contributed by atoms with van der Waals surface area (Å²) in [5.74, 6) is 0. The van der Waals surface area contributed by atoms with Gasteiger partial charge in [0.1, 0.15) is 0 Å². The van der Waals surface area contributed by atoms with Crippen molar-refractivity contribution in [2.24, 2.45) is 0 Å². The lowest BCUT2D eigenvalue weighted by atomic mass is 9.90. The highest BCUT2D eigenvalue weighted by Crippen LogP contribution is 2.36. The molecule has 39 heavy (non-hydrogen) atoms. The van der Waals surface area contributed by atoms with Crippen LogP contribution in [0.1, 0.15) is 56.1 Å². The zero-order valence-electron chi connectivity index (χ0n) is 23.1. The van der Waals surface area contributed by atoms with Crippen LogP contribution in [0.25, 0.3) is 32.3 Å². The third kappa shape index (κ3) is 8.56. The molecule has 0 saturated carbocycles. The second-order valence-corrected chi connectivity index (χ2v) is 10.5. The quantitative estimate of drug-likeness (QED) is 0.0924. The fraction of sp³-hybridized carbons (Fsp3) is 0.371. The highest BCUT2D eigenvalue weighted by Gasteiger charge is 2.10. The lowest BCUT2D eigenvalue weighted by Gasteiger charge is -2.14. The molecular formula is C35H44Cl2N2. The van der Waals surface area contributed by atoms with Crippen molar-refractivity contribution in [2.75, 3.05) is 26.2 Å². The molecule has 0 amide bonds. The van der Waals surface area contributed by atoms with E-state index >= 15 is 0 Å². The minimum absolute atomic E-state index is 0. The van der Waals surface area contributed by atoms with Gasteiger partial charge in [0, 0.05) is 0 Å². The normalized spacial score (nSPS) is 11.2. The summed E-state index contributed by atoms with van der Waals surface area (Å²) < 4.78 is 0. The molecule has 5 aromatic rings. The molecule has 0 heterocycles. The second-order valence-electron chi connectivity index (χ2n) is 10.5. The summed E-state index contributed by atoms with van der Waals surface area (Å²) in [6.45, 7) is 4.59. The average molecular weight is 564 g/mol. The van der Waals surface area contributed by atoms with Gasteiger partial charge in [0.15, 0.2) is 0 Å². The van der Waals surface area contributed by atoms with E-state index in [9.17, 15) is 0 Å². The summed E-state index contributed by atoms with van der Waals surface area (Å²) in [6, 6.07) is 31.3. The van der Waals surface area contributed by atoms with Gasteiger partial charge in [-0.2, -0.15) is 0 Å². The Hall–Kier alpha value is -2.36. The maximum absolute atomic E-state index is 3.66. The van der Waals surface area contributed by atoms with E-state index in [1.165, 1.54) is 94.8 Å². The summed E-state index contributed by atoms with van der Waals surface area (Å²) in [4.78, 5) is 0. The molecule has 2 N–H and O–H groups in total. The van der Waals surface area contributed by atoms with Gasteiger partial charge in [-0.15, -0.1) is 24.8 Å². The molecule has 0 fully saturated rings. The third-order valence-corrected chi connectivity index (χ3v) is 7.79. The van der Waals surface area contributed by atoms with Gasteiger partial charge < -0.3 is 10.6 Å². The van der Waals surface area contributed by atoms with Crippen LogP contribution in [0.3, 0.4) is 0 Å².